The lowest BCUT2D eigenvalue weighted by molar-refractivity contribution is -0.116. The van der Waals surface area contributed by atoms with E-state index in [1.54, 1.807) is 18.2 Å². The monoisotopic (exact) mass is 558 g/mol. The predicted molar refractivity (Wildman–Crippen MR) is 139 cm³/mol. The van der Waals surface area contributed by atoms with Crippen molar-refractivity contribution in [3.05, 3.63) is 71.2 Å². The Morgan fingerprint density at radius 3 is 2.59 bits per heavy atom. The lowest BCUT2D eigenvalue weighted by atomic mass is 10.1. The standard InChI is InChI=1S/C24H23BrN4O3S2/c1-2-14-29(34(31,32)21-12-6-8-17-7-3-4-11-20(17)21)15-13-22(30)26-24-28-27-23(33-24)18-9-5-10-19(25)16-18/h3-12,16H,2,13-15H2,1H3,(H,26,28,30). The first-order chi connectivity index (χ1) is 16.4. The number of carbonyl (C=O) groups excluding carboxylic acids is 1. The van der Waals surface area contributed by atoms with Crippen molar-refractivity contribution in [3.63, 3.8) is 0 Å². The summed E-state index contributed by atoms with van der Waals surface area (Å²) in [6.45, 7) is 2.31. The second kappa shape index (κ2) is 10.7. The van der Waals surface area contributed by atoms with Gasteiger partial charge in [0.15, 0.2) is 0 Å². The number of benzene rings is 3. The van der Waals surface area contributed by atoms with Crippen LogP contribution in [0.4, 0.5) is 5.13 Å². The summed E-state index contributed by atoms with van der Waals surface area (Å²) in [6.07, 6.45) is 0.647. The van der Waals surface area contributed by atoms with Crippen LogP contribution in [0.15, 0.2) is 76.1 Å². The van der Waals surface area contributed by atoms with Crippen LogP contribution in [0.1, 0.15) is 19.8 Å². The maximum atomic E-state index is 13.5. The van der Waals surface area contributed by atoms with E-state index in [2.05, 4.69) is 31.4 Å². The Kier molecular flexibility index (Phi) is 7.72. The summed E-state index contributed by atoms with van der Waals surface area (Å²) in [5, 5.41) is 13.5. The molecule has 1 heterocycles. The van der Waals surface area contributed by atoms with E-state index >= 15 is 0 Å². The molecule has 0 aliphatic carbocycles. The number of nitrogens with one attached hydrogen (secondary N) is 1. The van der Waals surface area contributed by atoms with Crippen molar-refractivity contribution in [2.24, 2.45) is 0 Å². The fourth-order valence-corrected chi connectivity index (χ4v) is 6.48. The number of aromatic nitrogens is 2. The Balaban J connectivity index is 1.46. The van der Waals surface area contributed by atoms with Crippen molar-refractivity contribution in [3.8, 4) is 10.6 Å². The average molecular weight is 560 g/mol. The summed E-state index contributed by atoms with van der Waals surface area (Å²) >= 11 is 4.70. The van der Waals surface area contributed by atoms with Gasteiger partial charge in [0.2, 0.25) is 21.1 Å². The van der Waals surface area contributed by atoms with Gasteiger partial charge in [-0.15, -0.1) is 10.2 Å². The van der Waals surface area contributed by atoms with Crippen LogP contribution >= 0.6 is 27.3 Å². The third-order valence-corrected chi connectivity index (χ3v) is 8.51. The molecule has 0 unspecified atom stereocenters. The molecule has 0 aliphatic heterocycles. The molecule has 3 aromatic carbocycles. The van der Waals surface area contributed by atoms with E-state index in [9.17, 15) is 13.2 Å². The highest BCUT2D eigenvalue weighted by molar-refractivity contribution is 9.10. The number of hydrogen-bond donors (Lipinski definition) is 1. The van der Waals surface area contributed by atoms with E-state index in [0.717, 1.165) is 15.4 Å². The Hall–Kier alpha value is -2.66. The molecule has 0 saturated heterocycles. The van der Waals surface area contributed by atoms with Crippen LogP contribution in [0, 0.1) is 0 Å². The SMILES string of the molecule is CCCN(CCC(=O)Nc1nnc(-c2cccc(Br)c2)s1)S(=O)(=O)c1cccc2ccccc12. The van der Waals surface area contributed by atoms with Crippen LogP contribution in [-0.4, -0.2) is 41.9 Å². The maximum Gasteiger partial charge on any atom is 0.243 e. The highest BCUT2D eigenvalue weighted by atomic mass is 79.9. The van der Waals surface area contributed by atoms with Crippen LogP contribution in [0.25, 0.3) is 21.3 Å². The summed E-state index contributed by atoms with van der Waals surface area (Å²) in [5.41, 5.74) is 0.891. The molecule has 1 aromatic heterocycles. The van der Waals surface area contributed by atoms with E-state index in [0.29, 0.717) is 28.5 Å². The molecular weight excluding hydrogens is 536 g/mol. The Bertz CT molecular complexity index is 1420. The molecule has 7 nitrogen and oxygen atoms in total. The summed E-state index contributed by atoms with van der Waals surface area (Å²) in [6, 6.07) is 20.3. The molecule has 0 fully saturated rings. The fourth-order valence-electron chi connectivity index (χ4n) is 3.58. The van der Waals surface area contributed by atoms with Gasteiger partial charge < -0.3 is 5.32 Å². The topological polar surface area (TPSA) is 92.3 Å². The van der Waals surface area contributed by atoms with Crippen molar-refractivity contribution >= 4 is 59.1 Å². The van der Waals surface area contributed by atoms with E-state index in [-0.39, 0.29) is 23.8 Å². The lowest BCUT2D eigenvalue weighted by Gasteiger charge is -2.22. The van der Waals surface area contributed by atoms with Crippen LogP contribution in [0.5, 0.6) is 0 Å². The van der Waals surface area contributed by atoms with Gasteiger partial charge in [-0.1, -0.05) is 82.7 Å². The summed E-state index contributed by atoms with van der Waals surface area (Å²) in [4.78, 5) is 12.8. The van der Waals surface area contributed by atoms with Crippen molar-refractivity contribution in [2.75, 3.05) is 18.4 Å². The van der Waals surface area contributed by atoms with Gasteiger partial charge in [-0.25, -0.2) is 8.42 Å². The summed E-state index contributed by atoms with van der Waals surface area (Å²) in [7, 11) is -3.77. The Labute approximate surface area is 211 Å². The van der Waals surface area contributed by atoms with Gasteiger partial charge in [0.25, 0.3) is 0 Å². The van der Waals surface area contributed by atoms with Gasteiger partial charge in [0.1, 0.15) is 5.01 Å². The molecule has 1 amide bonds. The van der Waals surface area contributed by atoms with Crippen molar-refractivity contribution in [1.29, 1.82) is 0 Å². The van der Waals surface area contributed by atoms with Gasteiger partial charge in [-0.2, -0.15) is 4.31 Å². The molecule has 0 spiro atoms. The zero-order valence-corrected chi connectivity index (χ0v) is 21.7. The van der Waals surface area contributed by atoms with Gasteiger partial charge >= 0.3 is 0 Å². The first-order valence-corrected chi connectivity index (χ1v) is 13.8. The molecule has 10 heteroatoms. The first kappa shape index (κ1) is 24.5. The molecule has 1 N–H and O–H groups in total. The number of carbonyl (C=O) groups is 1. The Morgan fingerprint density at radius 2 is 1.79 bits per heavy atom. The number of nitrogens with zero attached hydrogens (tertiary/aromatic N) is 3. The molecule has 4 aromatic rings. The zero-order valence-electron chi connectivity index (χ0n) is 18.4. The molecule has 0 atom stereocenters. The smallest absolute Gasteiger partial charge is 0.243 e. The second-order valence-electron chi connectivity index (χ2n) is 7.60. The van der Waals surface area contributed by atoms with Gasteiger partial charge in [-0.3, -0.25) is 4.79 Å². The van der Waals surface area contributed by atoms with E-state index in [1.807, 2.05) is 55.5 Å². The molecule has 176 valence electrons. The number of amides is 1. The summed E-state index contributed by atoms with van der Waals surface area (Å²) in [5.74, 6) is -0.314. The van der Waals surface area contributed by atoms with Crippen molar-refractivity contribution < 1.29 is 13.2 Å². The van der Waals surface area contributed by atoms with Crippen LogP contribution in [0.2, 0.25) is 0 Å². The highest BCUT2D eigenvalue weighted by Gasteiger charge is 2.26. The molecule has 0 aliphatic rings. The van der Waals surface area contributed by atoms with E-state index in [4.69, 9.17) is 0 Å². The molecule has 0 saturated carbocycles. The minimum Gasteiger partial charge on any atom is -0.300 e. The fraction of sp³-hybridized carbons (Fsp3) is 0.208. The summed E-state index contributed by atoms with van der Waals surface area (Å²) < 4.78 is 29.2. The van der Waals surface area contributed by atoms with Crippen molar-refractivity contribution in [1.82, 2.24) is 14.5 Å². The largest absolute Gasteiger partial charge is 0.300 e. The van der Waals surface area contributed by atoms with Gasteiger partial charge in [0, 0.05) is 34.9 Å². The second-order valence-corrected chi connectivity index (χ2v) is 11.4. The number of sulfonamides is 1. The predicted octanol–water partition coefficient (Wildman–Crippen LogP) is 5.55. The average Bonchev–Trinajstić information content (AvgIpc) is 3.29. The first-order valence-electron chi connectivity index (χ1n) is 10.8. The minimum atomic E-state index is -3.77. The van der Waals surface area contributed by atoms with Crippen LogP contribution in [0.3, 0.4) is 0 Å². The quantitative estimate of drug-likeness (QED) is 0.290. The third kappa shape index (κ3) is 5.52. The number of hydrogen-bond acceptors (Lipinski definition) is 6. The van der Waals surface area contributed by atoms with E-state index in [1.165, 1.54) is 15.6 Å². The van der Waals surface area contributed by atoms with E-state index < -0.39 is 10.0 Å². The normalized spacial score (nSPS) is 11.7. The molecule has 0 bridgehead atoms. The highest BCUT2D eigenvalue weighted by Crippen LogP contribution is 2.29. The third-order valence-electron chi connectivity index (χ3n) is 5.17. The van der Waals surface area contributed by atoms with Crippen molar-refractivity contribution in [2.45, 2.75) is 24.7 Å². The number of fused-ring (bicyclic) bond motifs is 1. The van der Waals surface area contributed by atoms with Crippen LogP contribution < -0.4 is 5.32 Å². The number of halogens is 1. The lowest BCUT2D eigenvalue weighted by Crippen LogP contribution is -2.34. The molecule has 34 heavy (non-hydrogen) atoms. The zero-order chi connectivity index (χ0) is 24.1. The number of anilines is 1. The minimum absolute atomic E-state index is 0.00972. The molecule has 4 rings (SSSR count). The molecular formula is C24H23BrN4O3S2. The number of rotatable bonds is 9. The van der Waals surface area contributed by atoms with Gasteiger partial charge in [0.05, 0.1) is 4.90 Å². The molecule has 0 radical (unpaired) electrons. The Morgan fingerprint density at radius 1 is 1.03 bits per heavy atom. The maximum absolute atomic E-state index is 13.5. The van der Waals surface area contributed by atoms with Crippen LogP contribution in [-0.2, 0) is 14.8 Å². The van der Waals surface area contributed by atoms with Gasteiger partial charge in [-0.05, 0) is 30.0 Å².